The van der Waals surface area contributed by atoms with Gasteiger partial charge < -0.3 is 19.9 Å². The number of carbonyl (C=O) groups excluding carboxylic acids is 2. The van der Waals surface area contributed by atoms with Crippen molar-refractivity contribution in [2.75, 3.05) is 38.7 Å². The fraction of sp³-hybridized carbons (Fsp3) is 0.552. The van der Waals surface area contributed by atoms with Crippen molar-refractivity contribution >= 4 is 29.2 Å². The number of unbranched alkanes of at least 4 members (excludes halogenated alkanes) is 3. The highest BCUT2D eigenvalue weighted by atomic mass is 35.5. The van der Waals surface area contributed by atoms with Crippen LogP contribution in [0.4, 0.5) is 19.0 Å². The van der Waals surface area contributed by atoms with E-state index < -0.39 is 18.0 Å². The summed E-state index contributed by atoms with van der Waals surface area (Å²) >= 11 is 6.31. The van der Waals surface area contributed by atoms with E-state index in [1.807, 2.05) is 13.8 Å². The zero-order valence-electron chi connectivity index (χ0n) is 23.9. The zero-order chi connectivity index (χ0) is 29.9. The van der Waals surface area contributed by atoms with E-state index in [9.17, 15) is 22.8 Å². The Morgan fingerprint density at radius 3 is 2.30 bits per heavy atom. The van der Waals surface area contributed by atoms with Crippen LogP contribution >= 0.6 is 11.6 Å². The van der Waals surface area contributed by atoms with Gasteiger partial charge in [0.1, 0.15) is 16.7 Å². The number of nitrogens with one attached hydrogen (secondary N) is 1. The Balaban J connectivity index is 1.89. The molecule has 0 aliphatic carbocycles. The molecule has 0 fully saturated rings. The maximum Gasteiger partial charge on any atom is 0.404 e. The van der Waals surface area contributed by atoms with Crippen LogP contribution in [0.5, 0.6) is 5.75 Å². The minimum Gasteiger partial charge on any atom is -0.497 e. The minimum atomic E-state index is -4.71. The molecule has 7 nitrogen and oxygen atoms in total. The van der Waals surface area contributed by atoms with Gasteiger partial charge in [0.15, 0.2) is 5.92 Å². The molecule has 0 saturated carbocycles. The third-order valence-corrected chi connectivity index (χ3v) is 6.65. The summed E-state index contributed by atoms with van der Waals surface area (Å²) in [5, 5.41) is 2.96. The molecular formula is C29H40ClF3N4O3. The fourth-order valence-electron chi connectivity index (χ4n) is 4.35. The smallest absolute Gasteiger partial charge is 0.404 e. The Bertz CT molecular complexity index is 1110. The average Bonchev–Trinajstić information content (AvgIpc) is 2.88. The van der Waals surface area contributed by atoms with Crippen LogP contribution in [0.2, 0.25) is 5.15 Å². The average molecular weight is 585 g/mol. The SMILES string of the molecule is CCCN(CCCCCCN(C)C(=O)C(c1cccc(OC)c1)C(F)(F)F)c1ccc(C(=O)NC(C)C)c(Cl)n1. The van der Waals surface area contributed by atoms with E-state index in [4.69, 9.17) is 16.3 Å². The van der Waals surface area contributed by atoms with Gasteiger partial charge in [-0.3, -0.25) is 9.59 Å². The summed E-state index contributed by atoms with van der Waals surface area (Å²) in [5.74, 6) is -2.53. The molecule has 2 aromatic rings. The number of ether oxygens (including phenoxy) is 1. The summed E-state index contributed by atoms with van der Waals surface area (Å²) in [6.45, 7) is 7.51. The largest absolute Gasteiger partial charge is 0.497 e. The van der Waals surface area contributed by atoms with Crippen molar-refractivity contribution < 1.29 is 27.5 Å². The first-order valence-electron chi connectivity index (χ1n) is 13.6. The molecule has 222 valence electrons. The van der Waals surface area contributed by atoms with E-state index in [1.54, 1.807) is 18.2 Å². The van der Waals surface area contributed by atoms with E-state index in [2.05, 4.69) is 22.1 Å². The molecule has 1 atom stereocenters. The number of benzene rings is 1. The lowest BCUT2D eigenvalue weighted by Crippen LogP contribution is -2.39. The number of pyridine rings is 1. The minimum absolute atomic E-state index is 0.0169. The Hall–Kier alpha value is -3.01. The molecule has 1 N–H and O–H groups in total. The molecule has 1 aromatic carbocycles. The van der Waals surface area contributed by atoms with E-state index in [-0.39, 0.29) is 35.0 Å². The molecule has 1 aromatic heterocycles. The molecule has 40 heavy (non-hydrogen) atoms. The highest BCUT2D eigenvalue weighted by Crippen LogP contribution is 2.37. The van der Waals surface area contributed by atoms with Gasteiger partial charge in [-0.1, -0.05) is 43.5 Å². The number of hydrogen-bond acceptors (Lipinski definition) is 5. The summed E-state index contributed by atoms with van der Waals surface area (Å²) in [6.07, 6.45) is -0.799. The predicted molar refractivity (Wildman–Crippen MR) is 152 cm³/mol. The normalized spacial score (nSPS) is 12.2. The van der Waals surface area contributed by atoms with Gasteiger partial charge in [0, 0.05) is 32.7 Å². The Morgan fingerprint density at radius 1 is 1.05 bits per heavy atom. The van der Waals surface area contributed by atoms with Crippen LogP contribution in [0.1, 0.15) is 74.7 Å². The number of aromatic nitrogens is 1. The van der Waals surface area contributed by atoms with Gasteiger partial charge in [-0.2, -0.15) is 13.2 Å². The van der Waals surface area contributed by atoms with Crippen LogP contribution in [0.3, 0.4) is 0 Å². The number of methoxy groups -OCH3 is 1. The predicted octanol–water partition coefficient (Wildman–Crippen LogP) is 6.46. The lowest BCUT2D eigenvalue weighted by molar-refractivity contribution is -0.171. The van der Waals surface area contributed by atoms with Gasteiger partial charge in [-0.25, -0.2) is 4.98 Å². The van der Waals surface area contributed by atoms with E-state index >= 15 is 0 Å². The molecule has 0 bridgehead atoms. The van der Waals surface area contributed by atoms with Crippen LogP contribution in [-0.4, -0.2) is 67.7 Å². The second kappa shape index (κ2) is 15.7. The molecular weight excluding hydrogens is 545 g/mol. The lowest BCUT2D eigenvalue weighted by Gasteiger charge is -2.26. The van der Waals surface area contributed by atoms with Crippen molar-refractivity contribution in [1.82, 2.24) is 15.2 Å². The third kappa shape index (κ3) is 9.87. The lowest BCUT2D eigenvalue weighted by atomic mass is 9.96. The van der Waals surface area contributed by atoms with Crippen LogP contribution in [0.15, 0.2) is 36.4 Å². The molecule has 0 radical (unpaired) electrons. The summed E-state index contributed by atoms with van der Waals surface area (Å²) in [4.78, 5) is 32.8. The van der Waals surface area contributed by atoms with Gasteiger partial charge in [0.25, 0.3) is 5.91 Å². The number of hydrogen-bond donors (Lipinski definition) is 1. The number of halogens is 4. The summed E-state index contributed by atoms with van der Waals surface area (Å²) in [6, 6.07) is 8.99. The fourth-order valence-corrected chi connectivity index (χ4v) is 4.58. The number of likely N-dealkylation sites (N-methyl/N-ethyl adjacent to an activating group) is 1. The quantitative estimate of drug-likeness (QED) is 0.192. The Morgan fingerprint density at radius 2 is 1.73 bits per heavy atom. The van der Waals surface area contributed by atoms with Gasteiger partial charge in [-0.05, 0) is 62.9 Å². The standard InChI is InChI=1S/C29H40ClF3N4O3/c1-6-16-37(24-15-14-23(26(30)35-24)27(38)34-20(2)3)18-10-8-7-9-17-36(4)28(39)25(29(31,32)33)21-12-11-13-22(19-21)40-5/h11-15,19-20,25H,6-10,16-18H2,1-5H3,(H,34,38). The molecule has 1 heterocycles. The molecule has 0 spiro atoms. The van der Waals surface area contributed by atoms with Crippen molar-refractivity contribution in [2.45, 2.75) is 71.0 Å². The molecule has 0 saturated heterocycles. The zero-order valence-corrected chi connectivity index (χ0v) is 24.6. The monoisotopic (exact) mass is 584 g/mol. The Labute approximate surface area is 240 Å². The van der Waals surface area contributed by atoms with Crippen molar-refractivity contribution in [3.8, 4) is 5.75 Å². The van der Waals surface area contributed by atoms with Crippen LogP contribution < -0.4 is 15.0 Å². The number of rotatable bonds is 15. The second-order valence-corrected chi connectivity index (χ2v) is 10.4. The van der Waals surface area contributed by atoms with E-state index in [1.165, 1.54) is 32.4 Å². The molecule has 0 aliphatic heterocycles. The van der Waals surface area contributed by atoms with Crippen LogP contribution in [-0.2, 0) is 4.79 Å². The Kier molecular flexibility index (Phi) is 13.0. The first-order valence-corrected chi connectivity index (χ1v) is 13.9. The number of amides is 2. The molecule has 2 amide bonds. The summed E-state index contributed by atoms with van der Waals surface area (Å²) in [5.41, 5.74) is 0.190. The van der Waals surface area contributed by atoms with E-state index in [0.29, 0.717) is 17.8 Å². The molecule has 0 aliphatic rings. The van der Waals surface area contributed by atoms with Crippen molar-refractivity contribution in [1.29, 1.82) is 0 Å². The van der Waals surface area contributed by atoms with Crippen molar-refractivity contribution in [3.63, 3.8) is 0 Å². The highest BCUT2D eigenvalue weighted by Gasteiger charge is 2.47. The highest BCUT2D eigenvalue weighted by molar-refractivity contribution is 6.32. The second-order valence-electron chi connectivity index (χ2n) is 10.0. The number of anilines is 1. The summed E-state index contributed by atoms with van der Waals surface area (Å²) in [7, 11) is 2.78. The van der Waals surface area contributed by atoms with Crippen molar-refractivity contribution in [2.24, 2.45) is 0 Å². The molecule has 1 unspecified atom stereocenters. The maximum absolute atomic E-state index is 13.8. The topological polar surface area (TPSA) is 74.8 Å². The number of nitrogens with zero attached hydrogens (tertiary/aromatic N) is 3. The van der Waals surface area contributed by atoms with Gasteiger partial charge in [0.2, 0.25) is 5.91 Å². The van der Waals surface area contributed by atoms with Gasteiger partial charge >= 0.3 is 6.18 Å². The third-order valence-electron chi connectivity index (χ3n) is 6.37. The maximum atomic E-state index is 13.8. The van der Waals surface area contributed by atoms with Gasteiger partial charge in [-0.15, -0.1) is 0 Å². The number of alkyl halides is 3. The summed E-state index contributed by atoms with van der Waals surface area (Å²) < 4.78 is 46.5. The van der Waals surface area contributed by atoms with Crippen LogP contribution in [0.25, 0.3) is 0 Å². The van der Waals surface area contributed by atoms with Crippen molar-refractivity contribution in [3.05, 3.63) is 52.7 Å². The first kappa shape index (κ1) is 33.2. The van der Waals surface area contributed by atoms with E-state index in [0.717, 1.165) is 43.7 Å². The number of carbonyl (C=O) groups is 2. The van der Waals surface area contributed by atoms with Gasteiger partial charge in [0.05, 0.1) is 12.7 Å². The molecule has 2 rings (SSSR count). The van der Waals surface area contributed by atoms with Crippen LogP contribution in [0, 0.1) is 0 Å². The molecule has 11 heteroatoms. The first-order chi connectivity index (χ1) is 18.9.